The van der Waals surface area contributed by atoms with E-state index in [0.29, 0.717) is 11.6 Å². The van der Waals surface area contributed by atoms with Gasteiger partial charge in [-0.25, -0.2) is 0 Å². The molecule has 0 aromatic heterocycles. The Balaban J connectivity index is 1.90. The summed E-state index contributed by atoms with van der Waals surface area (Å²) in [6.07, 6.45) is 3.13. The molecule has 2 aromatic rings. The molecule has 6 heteroatoms. The first-order valence-corrected chi connectivity index (χ1v) is 8.56. The summed E-state index contributed by atoms with van der Waals surface area (Å²) in [4.78, 5) is 12.0. The van der Waals surface area contributed by atoms with E-state index in [1.54, 1.807) is 12.1 Å². The van der Waals surface area contributed by atoms with Crippen molar-refractivity contribution in [2.75, 3.05) is 11.9 Å². The highest BCUT2D eigenvalue weighted by molar-refractivity contribution is 7.80. The maximum atomic E-state index is 12.0. The van der Waals surface area contributed by atoms with E-state index in [4.69, 9.17) is 28.6 Å². The second kappa shape index (κ2) is 9.20. The van der Waals surface area contributed by atoms with Crippen molar-refractivity contribution in [3.8, 4) is 5.75 Å². The Kier molecular flexibility index (Phi) is 6.98. The third kappa shape index (κ3) is 5.89. The summed E-state index contributed by atoms with van der Waals surface area (Å²) in [6, 6.07) is 12.9. The monoisotopic (exact) mass is 374 g/mol. The lowest BCUT2D eigenvalue weighted by Gasteiger charge is -2.11. The molecule has 0 fully saturated rings. The predicted molar refractivity (Wildman–Crippen MR) is 107 cm³/mol. The maximum absolute atomic E-state index is 12.0. The molecular formula is C19H19ClN2O2S. The third-order valence-corrected chi connectivity index (χ3v) is 3.98. The highest BCUT2D eigenvalue weighted by Crippen LogP contribution is 2.22. The Morgan fingerprint density at radius 2 is 1.96 bits per heavy atom. The number of carbonyl (C=O) groups is 1. The van der Waals surface area contributed by atoms with Gasteiger partial charge in [0.05, 0.1) is 6.61 Å². The van der Waals surface area contributed by atoms with Crippen LogP contribution >= 0.6 is 23.8 Å². The molecule has 0 saturated heterocycles. The van der Waals surface area contributed by atoms with Gasteiger partial charge < -0.3 is 10.1 Å². The van der Waals surface area contributed by atoms with Crippen LogP contribution in [-0.2, 0) is 4.79 Å². The molecule has 0 radical (unpaired) electrons. The molecule has 0 unspecified atom stereocenters. The van der Waals surface area contributed by atoms with Gasteiger partial charge in [0.25, 0.3) is 0 Å². The third-order valence-electron chi connectivity index (χ3n) is 3.37. The fraction of sp³-hybridized carbons (Fsp3) is 0.158. The number of nitrogens with one attached hydrogen (secondary N) is 2. The Hall–Kier alpha value is -2.37. The predicted octanol–water partition coefficient (Wildman–Crippen LogP) is 4.57. The van der Waals surface area contributed by atoms with Crippen LogP contribution in [0.2, 0.25) is 5.02 Å². The van der Waals surface area contributed by atoms with Gasteiger partial charge in [0.2, 0.25) is 5.91 Å². The number of hydrogen-bond acceptors (Lipinski definition) is 3. The average Bonchev–Trinajstić information content (AvgIpc) is 2.58. The summed E-state index contributed by atoms with van der Waals surface area (Å²) >= 11 is 11.2. The van der Waals surface area contributed by atoms with E-state index in [1.807, 2.05) is 50.2 Å². The maximum Gasteiger partial charge on any atom is 0.250 e. The zero-order chi connectivity index (χ0) is 18.2. The number of rotatable bonds is 5. The van der Waals surface area contributed by atoms with E-state index in [-0.39, 0.29) is 11.0 Å². The number of halogens is 1. The summed E-state index contributed by atoms with van der Waals surface area (Å²) in [6.45, 7) is 4.43. The summed E-state index contributed by atoms with van der Waals surface area (Å²) < 4.78 is 5.38. The largest absolute Gasteiger partial charge is 0.494 e. The molecule has 0 bridgehead atoms. The van der Waals surface area contributed by atoms with Gasteiger partial charge in [-0.2, -0.15) is 0 Å². The molecule has 4 nitrogen and oxygen atoms in total. The molecule has 0 aliphatic heterocycles. The SMILES string of the molecule is CCOc1ccc(/C=C/C(=O)NC(=S)Nc2cccc(Cl)c2C)cc1. The van der Waals surface area contributed by atoms with Gasteiger partial charge in [0, 0.05) is 16.8 Å². The molecule has 0 aliphatic carbocycles. The fourth-order valence-corrected chi connectivity index (χ4v) is 2.45. The van der Waals surface area contributed by atoms with Crippen LogP contribution in [0.1, 0.15) is 18.1 Å². The summed E-state index contributed by atoms with van der Waals surface area (Å²) in [5.41, 5.74) is 2.52. The Morgan fingerprint density at radius 1 is 1.24 bits per heavy atom. The molecule has 130 valence electrons. The zero-order valence-corrected chi connectivity index (χ0v) is 15.6. The number of thiocarbonyl (C=S) groups is 1. The number of benzene rings is 2. The number of ether oxygens (including phenoxy) is 1. The topological polar surface area (TPSA) is 50.4 Å². The second-order valence-corrected chi connectivity index (χ2v) is 6.01. The van der Waals surface area contributed by atoms with Gasteiger partial charge in [0.15, 0.2) is 5.11 Å². The number of hydrogen-bond donors (Lipinski definition) is 2. The van der Waals surface area contributed by atoms with E-state index in [9.17, 15) is 4.79 Å². The molecule has 0 atom stereocenters. The number of amides is 1. The molecule has 2 aromatic carbocycles. The quantitative estimate of drug-likeness (QED) is 0.594. The normalized spacial score (nSPS) is 10.5. The molecule has 0 spiro atoms. The minimum Gasteiger partial charge on any atom is -0.494 e. The van der Waals surface area contributed by atoms with Crippen molar-refractivity contribution in [2.45, 2.75) is 13.8 Å². The summed E-state index contributed by atoms with van der Waals surface area (Å²) in [7, 11) is 0. The van der Waals surface area contributed by atoms with Gasteiger partial charge >= 0.3 is 0 Å². The minimum atomic E-state index is -0.314. The van der Waals surface area contributed by atoms with Crippen LogP contribution in [0.5, 0.6) is 5.75 Å². The molecular weight excluding hydrogens is 356 g/mol. The van der Waals surface area contributed by atoms with Crippen LogP contribution in [0, 0.1) is 6.92 Å². The van der Waals surface area contributed by atoms with Crippen LogP contribution < -0.4 is 15.4 Å². The first-order chi connectivity index (χ1) is 12.0. The molecule has 0 aliphatic rings. The van der Waals surface area contributed by atoms with Crippen molar-refractivity contribution < 1.29 is 9.53 Å². The van der Waals surface area contributed by atoms with E-state index in [2.05, 4.69) is 10.6 Å². The van der Waals surface area contributed by atoms with E-state index in [0.717, 1.165) is 22.6 Å². The lowest BCUT2D eigenvalue weighted by Crippen LogP contribution is -2.33. The van der Waals surface area contributed by atoms with E-state index in [1.165, 1.54) is 6.08 Å². The van der Waals surface area contributed by atoms with Gasteiger partial charge in [-0.1, -0.05) is 29.8 Å². The van der Waals surface area contributed by atoms with E-state index < -0.39 is 0 Å². The average molecular weight is 375 g/mol. The molecule has 2 rings (SSSR count). The molecule has 0 saturated carbocycles. The van der Waals surface area contributed by atoms with Gasteiger partial charge in [-0.3, -0.25) is 10.1 Å². The first-order valence-electron chi connectivity index (χ1n) is 7.77. The Bertz CT molecular complexity index is 789. The van der Waals surface area contributed by atoms with Crippen LogP contribution in [0.4, 0.5) is 5.69 Å². The Labute approximate surface area is 157 Å². The van der Waals surface area contributed by atoms with Gasteiger partial charge in [-0.05, 0) is 67.5 Å². The van der Waals surface area contributed by atoms with Gasteiger partial charge in [-0.15, -0.1) is 0 Å². The molecule has 0 heterocycles. The van der Waals surface area contributed by atoms with Crippen LogP contribution in [0.3, 0.4) is 0 Å². The number of anilines is 1. The standard InChI is InChI=1S/C19H19ClN2O2S/c1-3-24-15-10-7-14(8-11-15)9-12-18(23)22-19(25)21-17-6-4-5-16(20)13(17)2/h4-12H,3H2,1-2H3,(H2,21,22,23,25)/b12-9+. The highest BCUT2D eigenvalue weighted by atomic mass is 35.5. The van der Waals surface area contributed by atoms with Crippen LogP contribution in [-0.4, -0.2) is 17.6 Å². The van der Waals surface area contributed by atoms with E-state index >= 15 is 0 Å². The lowest BCUT2D eigenvalue weighted by atomic mass is 10.2. The van der Waals surface area contributed by atoms with Gasteiger partial charge in [0.1, 0.15) is 5.75 Å². The number of carbonyl (C=O) groups excluding carboxylic acids is 1. The highest BCUT2D eigenvalue weighted by Gasteiger charge is 2.05. The van der Waals surface area contributed by atoms with Crippen molar-refractivity contribution in [1.82, 2.24) is 5.32 Å². The zero-order valence-electron chi connectivity index (χ0n) is 14.0. The fourth-order valence-electron chi connectivity index (χ4n) is 2.06. The second-order valence-electron chi connectivity index (χ2n) is 5.19. The van der Waals surface area contributed by atoms with Crippen molar-refractivity contribution in [2.24, 2.45) is 0 Å². The smallest absolute Gasteiger partial charge is 0.250 e. The van der Waals surface area contributed by atoms with Crippen molar-refractivity contribution in [3.05, 3.63) is 64.7 Å². The summed E-state index contributed by atoms with van der Waals surface area (Å²) in [5.74, 6) is 0.484. The first kappa shape index (κ1) is 19.0. The van der Waals surface area contributed by atoms with Crippen LogP contribution in [0.15, 0.2) is 48.5 Å². The Morgan fingerprint density at radius 3 is 2.64 bits per heavy atom. The molecule has 2 N–H and O–H groups in total. The van der Waals surface area contributed by atoms with Crippen molar-refractivity contribution >= 4 is 46.6 Å². The van der Waals surface area contributed by atoms with Crippen molar-refractivity contribution in [3.63, 3.8) is 0 Å². The molecule has 1 amide bonds. The molecule has 25 heavy (non-hydrogen) atoms. The summed E-state index contributed by atoms with van der Waals surface area (Å²) in [5, 5.41) is 6.42. The minimum absolute atomic E-state index is 0.215. The lowest BCUT2D eigenvalue weighted by molar-refractivity contribution is -0.115. The van der Waals surface area contributed by atoms with Crippen LogP contribution in [0.25, 0.3) is 6.08 Å². The van der Waals surface area contributed by atoms with Crippen molar-refractivity contribution in [1.29, 1.82) is 0 Å².